The largest absolute Gasteiger partial charge is 0.481 e. The molecule has 1 atom stereocenters. The highest BCUT2D eigenvalue weighted by Crippen LogP contribution is 2.18. The van der Waals surface area contributed by atoms with Crippen molar-refractivity contribution in [2.75, 3.05) is 13.1 Å². The Kier molecular flexibility index (Phi) is 3.55. The number of amides is 1. The van der Waals surface area contributed by atoms with Crippen LogP contribution in [0.25, 0.3) is 0 Å². The van der Waals surface area contributed by atoms with E-state index in [1.54, 1.807) is 0 Å². The van der Waals surface area contributed by atoms with Crippen LogP contribution in [0.3, 0.4) is 0 Å². The second kappa shape index (κ2) is 5.12. The molecule has 1 aliphatic rings. The number of likely N-dealkylation sites (tertiary alicyclic amines) is 1. The molecule has 0 spiro atoms. The first-order chi connectivity index (χ1) is 8.58. The zero-order valence-electron chi connectivity index (χ0n) is 9.67. The van der Waals surface area contributed by atoms with Crippen LogP contribution in [0.4, 0.5) is 4.39 Å². The Balaban J connectivity index is 2.09. The molecule has 0 saturated carbocycles. The van der Waals surface area contributed by atoms with Gasteiger partial charge in [-0.3, -0.25) is 9.59 Å². The van der Waals surface area contributed by atoms with Gasteiger partial charge in [0, 0.05) is 19.3 Å². The van der Waals surface area contributed by atoms with Crippen molar-refractivity contribution in [2.24, 2.45) is 5.92 Å². The number of carbonyl (C=O) groups excluding carboxylic acids is 1. The van der Waals surface area contributed by atoms with E-state index in [9.17, 15) is 14.0 Å². The zero-order chi connectivity index (χ0) is 13.1. The van der Waals surface area contributed by atoms with E-state index in [1.807, 2.05) is 0 Å². The molecule has 0 unspecified atom stereocenters. The van der Waals surface area contributed by atoms with Crippen LogP contribution in [0.5, 0.6) is 0 Å². The molecule has 6 heteroatoms. The molecule has 1 fully saturated rings. The monoisotopic (exact) mass is 252 g/mol. The van der Waals surface area contributed by atoms with E-state index in [0.29, 0.717) is 19.4 Å². The van der Waals surface area contributed by atoms with Crippen molar-refractivity contribution in [3.63, 3.8) is 0 Å². The van der Waals surface area contributed by atoms with Crippen LogP contribution in [0.2, 0.25) is 0 Å². The van der Waals surface area contributed by atoms with Crippen LogP contribution in [0.1, 0.15) is 23.2 Å². The number of hydrogen-bond acceptors (Lipinski definition) is 3. The molecule has 2 rings (SSSR count). The van der Waals surface area contributed by atoms with E-state index in [2.05, 4.69) is 4.98 Å². The summed E-state index contributed by atoms with van der Waals surface area (Å²) in [7, 11) is 0. The lowest BCUT2D eigenvalue weighted by molar-refractivity contribution is -0.143. The third-order valence-corrected chi connectivity index (χ3v) is 3.03. The summed E-state index contributed by atoms with van der Waals surface area (Å²) in [6, 6.07) is 2.47. The topological polar surface area (TPSA) is 70.5 Å². The minimum atomic E-state index is -0.885. The molecule has 1 aliphatic heterocycles. The van der Waals surface area contributed by atoms with Crippen molar-refractivity contribution in [3.05, 3.63) is 29.8 Å². The van der Waals surface area contributed by atoms with E-state index in [1.165, 1.54) is 17.2 Å². The number of piperidine rings is 1. The fraction of sp³-hybridized carbons (Fsp3) is 0.417. The van der Waals surface area contributed by atoms with Crippen LogP contribution in [-0.4, -0.2) is 40.0 Å². The molecule has 1 aromatic rings. The average molecular weight is 252 g/mol. The van der Waals surface area contributed by atoms with Crippen LogP contribution in [0, 0.1) is 11.9 Å². The first-order valence-electron chi connectivity index (χ1n) is 5.71. The van der Waals surface area contributed by atoms with Gasteiger partial charge in [-0.1, -0.05) is 0 Å². The van der Waals surface area contributed by atoms with Gasteiger partial charge in [0.15, 0.2) is 0 Å². The Morgan fingerprint density at radius 2 is 2.22 bits per heavy atom. The van der Waals surface area contributed by atoms with Crippen molar-refractivity contribution in [3.8, 4) is 0 Å². The summed E-state index contributed by atoms with van der Waals surface area (Å²) >= 11 is 0. The summed E-state index contributed by atoms with van der Waals surface area (Å²) < 4.78 is 12.6. The molecule has 0 aliphatic carbocycles. The van der Waals surface area contributed by atoms with Crippen LogP contribution in [0.15, 0.2) is 18.3 Å². The normalized spacial score (nSPS) is 19.6. The molecule has 0 radical (unpaired) electrons. The van der Waals surface area contributed by atoms with Gasteiger partial charge in [-0.25, -0.2) is 4.98 Å². The fourth-order valence-electron chi connectivity index (χ4n) is 2.05. The summed E-state index contributed by atoms with van der Waals surface area (Å²) in [5.74, 6) is -2.34. The standard InChI is InChI=1S/C12H13FN2O3/c13-10-4-3-8(6-14-10)11(16)15-5-1-2-9(7-15)12(17)18/h3-4,6,9H,1-2,5,7H2,(H,17,18)/t9-/m1/s1. The highest BCUT2D eigenvalue weighted by Gasteiger charge is 2.28. The number of nitrogens with zero attached hydrogens (tertiary/aromatic N) is 2. The van der Waals surface area contributed by atoms with Gasteiger partial charge < -0.3 is 10.0 Å². The maximum absolute atomic E-state index is 12.6. The Labute approximate surface area is 103 Å². The van der Waals surface area contributed by atoms with E-state index < -0.39 is 17.8 Å². The highest BCUT2D eigenvalue weighted by atomic mass is 19.1. The average Bonchev–Trinajstić information content (AvgIpc) is 2.39. The van der Waals surface area contributed by atoms with Crippen molar-refractivity contribution in [1.82, 2.24) is 9.88 Å². The Hall–Kier alpha value is -1.98. The van der Waals surface area contributed by atoms with Gasteiger partial charge in [0.2, 0.25) is 5.95 Å². The number of hydrogen-bond donors (Lipinski definition) is 1. The highest BCUT2D eigenvalue weighted by molar-refractivity contribution is 5.94. The first-order valence-corrected chi connectivity index (χ1v) is 5.71. The molecule has 1 aromatic heterocycles. The molecule has 18 heavy (non-hydrogen) atoms. The van der Waals surface area contributed by atoms with Crippen molar-refractivity contribution < 1.29 is 19.1 Å². The van der Waals surface area contributed by atoms with Gasteiger partial charge in [-0.15, -0.1) is 0 Å². The molecule has 2 heterocycles. The summed E-state index contributed by atoms with van der Waals surface area (Å²) in [5, 5.41) is 8.94. The number of aliphatic carboxylic acids is 1. The zero-order valence-corrected chi connectivity index (χ0v) is 9.67. The lowest BCUT2D eigenvalue weighted by Gasteiger charge is -2.30. The van der Waals surface area contributed by atoms with Gasteiger partial charge >= 0.3 is 5.97 Å². The molecule has 96 valence electrons. The molecule has 1 N–H and O–H groups in total. The second-order valence-corrected chi connectivity index (χ2v) is 4.30. The first kappa shape index (κ1) is 12.5. The van der Waals surface area contributed by atoms with Crippen LogP contribution < -0.4 is 0 Å². The van der Waals surface area contributed by atoms with E-state index in [0.717, 1.165) is 6.07 Å². The van der Waals surface area contributed by atoms with Gasteiger partial charge in [0.05, 0.1) is 11.5 Å². The minimum Gasteiger partial charge on any atom is -0.481 e. The Bertz CT molecular complexity index is 461. The van der Waals surface area contributed by atoms with E-state index in [4.69, 9.17) is 5.11 Å². The molecule has 1 saturated heterocycles. The lowest BCUT2D eigenvalue weighted by atomic mass is 9.98. The second-order valence-electron chi connectivity index (χ2n) is 4.30. The van der Waals surface area contributed by atoms with Crippen molar-refractivity contribution in [1.29, 1.82) is 0 Å². The molecular weight excluding hydrogens is 239 g/mol. The number of aromatic nitrogens is 1. The molecule has 0 bridgehead atoms. The van der Waals surface area contributed by atoms with Gasteiger partial charge in [-0.05, 0) is 25.0 Å². The maximum atomic E-state index is 12.6. The summed E-state index contributed by atoms with van der Waals surface area (Å²) in [4.78, 5) is 27.9. The van der Waals surface area contributed by atoms with Crippen molar-refractivity contribution >= 4 is 11.9 Å². The predicted molar refractivity (Wildman–Crippen MR) is 60.5 cm³/mol. The Morgan fingerprint density at radius 3 is 2.83 bits per heavy atom. The number of rotatable bonds is 2. The van der Waals surface area contributed by atoms with Gasteiger partial charge in [0.25, 0.3) is 5.91 Å². The molecule has 0 aromatic carbocycles. The minimum absolute atomic E-state index is 0.200. The number of carboxylic acids is 1. The molecule has 5 nitrogen and oxygen atoms in total. The Morgan fingerprint density at radius 1 is 1.44 bits per heavy atom. The smallest absolute Gasteiger partial charge is 0.308 e. The third kappa shape index (κ3) is 2.64. The predicted octanol–water partition coefficient (Wildman–Crippen LogP) is 1.16. The van der Waals surface area contributed by atoms with Crippen molar-refractivity contribution in [2.45, 2.75) is 12.8 Å². The van der Waals surface area contributed by atoms with E-state index >= 15 is 0 Å². The number of halogens is 1. The van der Waals surface area contributed by atoms with Crippen LogP contribution in [-0.2, 0) is 4.79 Å². The van der Waals surface area contributed by atoms with Gasteiger partial charge in [-0.2, -0.15) is 4.39 Å². The fourth-order valence-corrected chi connectivity index (χ4v) is 2.05. The quantitative estimate of drug-likeness (QED) is 0.802. The third-order valence-electron chi connectivity index (χ3n) is 3.03. The summed E-state index contributed by atoms with van der Waals surface area (Å²) in [6.45, 7) is 0.728. The number of carbonyl (C=O) groups is 2. The SMILES string of the molecule is O=C(O)[C@@H]1CCCN(C(=O)c2ccc(F)nc2)C1. The lowest BCUT2D eigenvalue weighted by Crippen LogP contribution is -2.42. The molecular formula is C12H13FN2O3. The maximum Gasteiger partial charge on any atom is 0.308 e. The summed E-state index contributed by atoms with van der Waals surface area (Å²) in [5.41, 5.74) is 0.280. The molecule has 1 amide bonds. The van der Waals surface area contributed by atoms with Crippen LogP contribution >= 0.6 is 0 Å². The number of pyridine rings is 1. The van der Waals surface area contributed by atoms with Gasteiger partial charge in [0.1, 0.15) is 0 Å². The van der Waals surface area contributed by atoms with E-state index in [-0.39, 0.29) is 18.0 Å². The number of carboxylic acid groups (broad SMARTS) is 1. The summed E-state index contributed by atoms with van der Waals surface area (Å²) in [6.07, 6.45) is 2.42.